The average molecular weight is 359 g/mol. The third kappa shape index (κ3) is 4.89. The maximum absolute atomic E-state index is 12.3. The smallest absolute Gasteiger partial charge is 0.387 e. The second-order valence-corrected chi connectivity index (χ2v) is 5.79. The number of nitrogens with zero attached hydrogens (tertiary/aromatic N) is 1. The fourth-order valence-corrected chi connectivity index (χ4v) is 2.69. The first kappa shape index (κ1) is 18.1. The molecule has 6 heteroatoms. The van der Waals surface area contributed by atoms with Crippen molar-refractivity contribution in [3.8, 4) is 5.75 Å². The number of halogens is 2. The highest BCUT2D eigenvalue weighted by molar-refractivity contribution is 6.07. The van der Waals surface area contributed by atoms with Gasteiger partial charge < -0.3 is 14.4 Å². The number of hydrogen-bond donors (Lipinski definition) is 0. The largest absolute Gasteiger partial charge is 0.435 e. The van der Waals surface area contributed by atoms with E-state index in [0.29, 0.717) is 18.8 Å². The third-order valence-electron chi connectivity index (χ3n) is 4.06. The van der Waals surface area contributed by atoms with Gasteiger partial charge in [0.05, 0.1) is 13.2 Å². The molecule has 0 radical (unpaired) electrons. The summed E-state index contributed by atoms with van der Waals surface area (Å²) in [5.41, 5.74) is 2.39. The minimum absolute atomic E-state index is 0.0854. The second kappa shape index (κ2) is 8.58. The first-order valence-corrected chi connectivity index (χ1v) is 8.32. The molecule has 4 nitrogen and oxygen atoms in total. The van der Waals surface area contributed by atoms with E-state index >= 15 is 0 Å². The summed E-state index contributed by atoms with van der Waals surface area (Å²) in [5.74, 6) is -0.0337. The monoisotopic (exact) mass is 359 g/mol. The Morgan fingerprint density at radius 3 is 2.31 bits per heavy atom. The Bertz CT molecular complexity index is 752. The van der Waals surface area contributed by atoms with Crippen molar-refractivity contribution in [1.29, 1.82) is 0 Å². The highest BCUT2D eigenvalue weighted by Crippen LogP contribution is 2.18. The van der Waals surface area contributed by atoms with Crippen LogP contribution >= 0.6 is 0 Å². The highest BCUT2D eigenvalue weighted by Gasteiger charge is 2.11. The van der Waals surface area contributed by atoms with Gasteiger partial charge in [-0.05, 0) is 48.0 Å². The molecule has 0 aliphatic carbocycles. The van der Waals surface area contributed by atoms with Crippen LogP contribution in [0.2, 0.25) is 0 Å². The number of ether oxygens (including phenoxy) is 2. The molecular formula is C20H19F2NO3. The van der Waals surface area contributed by atoms with E-state index in [9.17, 15) is 13.6 Å². The predicted octanol–water partition coefficient (Wildman–Crippen LogP) is 4.02. The van der Waals surface area contributed by atoms with Crippen molar-refractivity contribution in [2.75, 3.05) is 31.2 Å². The molecule has 0 unspecified atom stereocenters. The topological polar surface area (TPSA) is 38.8 Å². The molecular weight excluding hydrogens is 340 g/mol. The molecule has 1 aliphatic rings. The summed E-state index contributed by atoms with van der Waals surface area (Å²) in [7, 11) is 0. The number of ketones is 1. The van der Waals surface area contributed by atoms with Crippen LogP contribution in [0.1, 0.15) is 15.9 Å². The number of carbonyl (C=O) groups is 1. The van der Waals surface area contributed by atoms with Gasteiger partial charge in [-0.1, -0.05) is 18.2 Å². The zero-order valence-corrected chi connectivity index (χ0v) is 14.1. The standard InChI is InChI=1S/C20H19F2NO3/c21-20(22)26-18-8-1-15(2-9-18)3-10-19(24)16-4-6-17(7-5-16)23-11-13-25-14-12-23/h1-10,20H,11-14H2/b10-3+. The first-order valence-electron chi connectivity index (χ1n) is 8.32. The zero-order chi connectivity index (χ0) is 18.4. The van der Waals surface area contributed by atoms with Crippen LogP contribution in [0.15, 0.2) is 54.6 Å². The Morgan fingerprint density at radius 2 is 1.69 bits per heavy atom. The van der Waals surface area contributed by atoms with Crippen molar-refractivity contribution in [1.82, 2.24) is 0 Å². The maximum atomic E-state index is 12.3. The fraction of sp³-hybridized carbons (Fsp3) is 0.250. The summed E-state index contributed by atoms with van der Waals surface area (Å²) in [6.07, 6.45) is 3.11. The number of anilines is 1. The Hall–Kier alpha value is -2.73. The number of rotatable bonds is 6. The van der Waals surface area contributed by atoms with Gasteiger partial charge in [0.25, 0.3) is 0 Å². The quantitative estimate of drug-likeness (QED) is 0.577. The SMILES string of the molecule is O=C(/C=C/c1ccc(OC(F)F)cc1)c1ccc(N2CCOCC2)cc1. The summed E-state index contributed by atoms with van der Waals surface area (Å²) >= 11 is 0. The molecule has 26 heavy (non-hydrogen) atoms. The summed E-state index contributed by atoms with van der Waals surface area (Å²) in [6, 6.07) is 13.6. The van der Waals surface area contributed by atoms with Crippen LogP contribution in [0.25, 0.3) is 6.08 Å². The third-order valence-corrected chi connectivity index (χ3v) is 4.06. The van der Waals surface area contributed by atoms with E-state index in [-0.39, 0.29) is 11.5 Å². The normalized spacial score (nSPS) is 14.8. The minimum atomic E-state index is -2.85. The molecule has 0 aromatic heterocycles. The lowest BCUT2D eigenvalue weighted by Crippen LogP contribution is -2.36. The van der Waals surface area contributed by atoms with Crippen LogP contribution in [-0.2, 0) is 4.74 Å². The van der Waals surface area contributed by atoms with E-state index in [1.807, 2.05) is 12.1 Å². The summed E-state index contributed by atoms with van der Waals surface area (Å²) in [4.78, 5) is 14.5. The van der Waals surface area contributed by atoms with Crippen LogP contribution in [0.4, 0.5) is 14.5 Å². The summed E-state index contributed by atoms with van der Waals surface area (Å²) < 4.78 is 33.9. The van der Waals surface area contributed by atoms with Crippen LogP contribution in [0, 0.1) is 0 Å². The number of morpholine rings is 1. The number of hydrogen-bond acceptors (Lipinski definition) is 4. The van der Waals surface area contributed by atoms with Gasteiger partial charge in [-0.3, -0.25) is 4.79 Å². The molecule has 0 bridgehead atoms. The van der Waals surface area contributed by atoms with E-state index in [1.165, 1.54) is 18.2 Å². The highest BCUT2D eigenvalue weighted by atomic mass is 19.3. The average Bonchev–Trinajstić information content (AvgIpc) is 2.67. The van der Waals surface area contributed by atoms with Crippen molar-refractivity contribution in [2.45, 2.75) is 6.61 Å². The molecule has 2 aromatic carbocycles. The Morgan fingerprint density at radius 1 is 1.04 bits per heavy atom. The molecule has 1 aliphatic heterocycles. The van der Waals surface area contributed by atoms with E-state index in [1.54, 1.807) is 30.3 Å². The lowest BCUT2D eigenvalue weighted by atomic mass is 10.1. The lowest BCUT2D eigenvalue weighted by Gasteiger charge is -2.28. The molecule has 1 heterocycles. The molecule has 3 rings (SSSR count). The minimum Gasteiger partial charge on any atom is -0.435 e. The van der Waals surface area contributed by atoms with Gasteiger partial charge in [-0.2, -0.15) is 8.78 Å². The van der Waals surface area contributed by atoms with Gasteiger partial charge >= 0.3 is 6.61 Å². The van der Waals surface area contributed by atoms with Crippen molar-refractivity contribution in [2.24, 2.45) is 0 Å². The van der Waals surface area contributed by atoms with E-state index in [4.69, 9.17) is 4.74 Å². The maximum Gasteiger partial charge on any atom is 0.387 e. The zero-order valence-electron chi connectivity index (χ0n) is 14.1. The van der Waals surface area contributed by atoms with E-state index < -0.39 is 6.61 Å². The molecule has 0 amide bonds. The number of alkyl halides is 2. The first-order chi connectivity index (χ1) is 12.6. The molecule has 0 N–H and O–H groups in total. The van der Waals surface area contributed by atoms with Crippen LogP contribution in [-0.4, -0.2) is 38.7 Å². The second-order valence-electron chi connectivity index (χ2n) is 5.79. The van der Waals surface area contributed by atoms with Crippen molar-refractivity contribution >= 4 is 17.5 Å². The molecule has 0 spiro atoms. The van der Waals surface area contributed by atoms with Crippen molar-refractivity contribution in [3.05, 3.63) is 65.7 Å². The molecule has 1 saturated heterocycles. The molecule has 136 valence electrons. The Balaban J connectivity index is 1.61. The van der Waals surface area contributed by atoms with Crippen LogP contribution < -0.4 is 9.64 Å². The van der Waals surface area contributed by atoms with Gasteiger partial charge in [-0.15, -0.1) is 0 Å². The van der Waals surface area contributed by atoms with Crippen molar-refractivity contribution in [3.63, 3.8) is 0 Å². The fourth-order valence-electron chi connectivity index (χ4n) is 2.69. The number of carbonyl (C=O) groups excluding carboxylic acids is 1. The van der Waals surface area contributed by atoms with Crippen LogP contribution in [0.5, 0.6) is 5.75 Å². The predicted molar refractivity (Wildman–Crippen MR) is 95.9 cm³/mol. The van der Waals surface area contributed by atoms with Gasteiger partial charge in [0.1, 0.15) is 5.75 Å². The van der Waals surface area contributed by atoms with E-state index in [0.717, 1.165) is 24.3 Å². The Kier molecular flexibility index (Phi) is 5.96. The van der Waals surface area contributed by atoms with Gasteiger partial charge in [0.2, 0.25) is 0 Å². The van der Waals surface area contributed by atoms with Gasteiger partial charge in [-0.25, -0.2) is 0 Å². The summed E-state index contributed by atoms with van der Waals surface area (Å²) in [5, 5.41) is 0. The lowest BCUT2D eigenvalue weighted by molar-refractivity contribution is -0.0498. The van der Waals surface area contributed by atoms with E-state index in [2.05, 4.69) is 9.64 Å². The van der Waals surface area contributed by atoms with Crippen molar-refractivity contribution < 1.29 is 23.0 Å². The van der Waals surface area contributed by atoms with Crippen LogP contribution in [0.3, 0.4) is 0 Å². The molecule has 1 fully saturated rings. The Labute approximate surface area is 150 Å². The number of allylic oxidation sites excluding steroid dienone is 1. The van der Waals surface area contributed by atoms with Gasteiger partial charge in [0, 0.05) is 24.3 Å². The molecule has 0 atom stereocenters. The molecule has 0 saturated carbocycles. The van der Waals surface area contributed by atoms with Gasteiger partial charge in [0.15, 0.2) is 5.78 Å². The number of benzene rings is 2. The summed E-state index contributed by atoms with van der Waals surface area (Å²) in [6.45, 7) is 0.268. The molecule has 2 aromatic rings.